The van der Waals surface area contributed by atoms with E-state index in [1.54, 1.807) is 0 Å². The van der Waals surface area contributed by atoms with Gasteiger partial charge in [0.1, 0.15) is 0 Å². The highest BCUT2D eigenvalue weighted by atomic mass is 16.2. The lowest BCUT2D eigenvalue weighted by Crippen LogP contribution is -2.41. The van der Waals surface area contributed by atoms with Crippen molar-refractivity contribution in [2.24, 2.45) is 0 Å². The van der Waals surface area contributed by atoms with Crippen molar-refractivity contribution in [2.75, 3.05) is 0 Å². The molecule has 4 aromatic rings. The second-order valence-corrected chi connectivity index (χ2v) is 8.63. The van der Waals surface area contributed by atoms with Crippen molar-refractivity contribution in [1.82, 2.24) is 20.6 Å². The molecule has 0 saturated carbocycles. The molecule has 2 aromatic heterocycles. The lowest BCUT2D eigenvalue weighted by molar-refractivity contribution is 0.229. The smallest absolute Gasteiger partial charge is 0.315 e. The summed E-state index contributed by atoms with van der Waals surface area (Å²) in [5, 5.41) is 9.08. The number of para-hydroxylation sites is 2. The highest BCUT2D eigenvalue weighted by molar-refractivity contribution is 5.86. The number of carbonyl (C=O) groups is 1. The molecule has 0 bridgehead atoms. The van der Waals surface area contributed by atoms with Gasteiger partial charge < -0.3 is 20.6 Å². The molecule has 152 valence electrons. The molecule has 6 rings (SSSR count). The first-order valence-corrected chi connectivity index (χ1v) is 11.0. The Morgan fingerprint density at radius 1 is 0.733 bits per heavy atom. The van der Waals surface area contributed by atoms with Crippen LogP contribution >= 0.6 is 0 Å². The zero-order valence-electron chi connectivity index (χ0n) is 16.9. The largest absolute Gasteiger partial charge is 0.356 e. The Hall–Kier alpha value is -3.21. The molecular weight excluding hydrogens is 372 g/mol. The second-order valence-electron chi connectivity index (χ2n) is 8.63. The molecule has 0 radical (unpaired) electrons. The van der Waals surface area contributed by atoms with Crippen LogP contribution in [-0.2, 0) is 12.8 Å². The quantitative estimate of drug-likeness (QED) is 0.358. The van der Waals surface area contributed by atoms with Crippen molar-refractivity contribution in [3.8, 4) is 0 Å². The van der Waals surface area contributed by atoms with E-state index in [0.29, 0.717) is 0 Å². The predicted molar refractivity (Wildman–Crippen MR) is 120 cm³/mol. The van der Waals surface area contributed by atoms with Crippen LogP contribution in [0, 0.1) is 0 Å². The van der Waals surface area contributed by atoms with E-state index in [0.717, 1.165) is 49.6 Å². The molecule has 30 heavy (non-hydrogen) atoms. The number of fused-ring (bicyclic) bond motifs is 6. The van der Waals surface area contributed by atoms with Gasteiger partial charge in [0.05, 0.1) is 12.1 Å². The molecule has 0 fully saturated rings. The standard InChI is InChI=1S/C25H26N4O/c30-25(28-21-13-5-9-17-15-7-1-3-11-19(15)26-23(17)21)29-22-14-6-10-18-16-8-2-4-12-20(16)27-24(18)22/h1-4,7-8,11-12,21-22,26-27H,5-6,9-10,13-14H2,(H2,28,29,30). The molecule has 2 unspecified atom stereocenters. The van der Waals surface area contributed by atoms with Crippen LogP contribution in [0.2, 0.25) is 0 Å². The number of aromatic amines is 2. The van der Waals surface area contributed by atoms with Gasteiger partial charge in [-0.15, -0.1) is 0 Å². The summed E-state index contributed by atoms with van der Waals surface area (Å²) in [5.41, 5.74) is 7.38. The van der Waals surface area contributed by atoms with E-state index >= 15 is 0 Å². The van der Waals surface area contributed by atoms with Crippen molar-refractivity contribution in [3.63, 3.8) is 0 Å². The summed E-state index contributed by atoms with van der Waals surface area (Å²) in [6.07, 6.45) is 6.26. The lowest BCUT2D eigenvalue weighted by Gasteiger charge is -2.27. The molecular formula is C25H26N4O. The number of benzene rings is 2. The number of rotatable bonds is 2. The Morgan fingerprint density at radius 2 is 1.20 bits per heavy atom. The fraction of sp³-hybridized carbons (Fsp3) is 0.320. The van der Waals surface area contributed by atoms with E-state index in [9.17, 15) is 4.79 Å². The number of urea groups is 1. The number of nitrogens with one attached hydrogen (secondary N) is 4. The summed E-state index contributed by atoms with van der Waals surface area (Å²) in [6, 6.07) is 16.8. The van der Waals surface area contributed by atoms with Crippen molar-refractivity contribution in [1.29, 1.82) is 0 Å². The Balaban J connectivity index is 1.24. The molecule has 5 heteroatoms. The summed E-state index contributed by atoms with van der Waals surface area (Å²) in [4.78, 5) is 20.1. The number of aryl methyl sites for hydroxylation is 2. The molecule has 2 aliphatic carbocycles. The van der Waals surface area contributed by atoms with Crippen LogP contribution in [0.1, 0.15) is 60.3 Å². The third-order valence-corrected chi connectivity index (χ3v) is 6.84. The minimum Gasteiger partial charge on any atom is -0.356 e. The average molecular weight is 399 g/mol. The molecule has 2 atom stereocenters. The third kappa shape index (κ3) is 2.80. The van der Waals surface area contributed by atoms with Gasteiger partial charge in [0.2, 0.25) is 0 Å². The number of hydrogen-bond donors (Lipinski definition) is 4. The van der Waals surface area contributed by atoms with Crippen LogP contribution in [-0.4, -0.2) is 16.0 Å². The normalized spacial score (nSPS) is 20.7. The van der Waals surface area contributed by atoms with Crippen LogP contribution in [0.15, 0.2) is 48.5 Å². The zero-order chi connectivity index (χ0) is 20.1. The number of amides is 2. The van der Waals surface area contributed by atoms with Gasteiger partial charge in [0.15, 0.2) is 0 Å². The molecule has 0 aliphatic heterocycles. The van der Waals surface area contributed by atoms with Gasteiger partial charge in [0.25, 0.3) is 0 Å². The first kappa shape index (κ1) is 17.6. The lowest BCUT2D eigenvalue weighted by atomic mass is 9.91. The molecule has 2 aliphatic rings. The van der Waals surface area contributed by atoms with Gasteiger partial charge in [-0.05, 0) is 61.8 Å². The summed E-state index contributed by atoms with van der Waals surface area (Å²) in [6.45, 7) is 0. The van der Waals surface area contributed by atoms with Gasteiger partial charge in [-0.3, -0.25) is 0 Å². The average Bonchev–Trinajstić information content (AvgIpc) is 3.34. The monoisotopic (exact) mass is 398 g/mol. The summed E-state index contributed by atoms with van der Waals surface area (Å²) < 4.78 is 0. The maximum Gasteiger partial charge on any atom is 0.315 e. The van der Waals surface area contributed by atoms with Crippen LogP contribution < -0.4 is 10.6 Å². The van der Waals surface area contributed by atoms with Crippen LogP contribution in [0.3, 0.4) is 0 Å². The minimum atomic E-state index is -0.0805. The number of H-pyrrole nitrogens is 2. The van der Waals surface area contributed by atoms with Crippen molar-refractivity contribution < 1.29 is 4.79 Å². The summed E-state index contributed by atoms with van der Waals surface area (Å²) in [7, 11) is 0. The van der Waals surface area contributed by atoms with Crippen LogP contribution in [0.25, 0.3) is 21.8 Å². The molecule has 2 heterocycles. The van der Waals surface area contributed by atoms with E-state index in [1.165, 1.54) is 33.3 Å². The first-order chi connectivity index (χ1) is 14.8. The van der Waals surface area contributed by atoms with Gasteiger partial charge in [-0.25, -0.2) is 4.79 Å². The minimum absolute atomic E-state index is 0.0342. The highest BCUT2D eigenvalue weighted by Crippen LogP contribution is 2.36. The molecule has 2 aromatic carbocycles. The Morgan fingerprint density at radius 3 is 1.70 bits per heavy atom. The zero-order valence-corrected chi connectivity index (χ0v) is 16.9. The third-order valence-electron chi connectivity index (χ3n) is 6.84. The van der Waals surface area contributed by atoms with E-state index in [-0.39, 0.29) is 18.1 Å². The van der Waals surface area contributed by atoms with Gasteiger partial charge >= 0.3 is 6.03 Å². The van der Waals surface area contributed by atoms with E-state index in [1.807, 2.05) is 0 Å². The molecule has 4 N–H and O–H groups in total. The molecule has 0 spiro atoms. The Bertz CT molecular complexity index is 1150. The second kappa shape index (κ2) is 6.94. The summed E-state index contributed by atoms with van der Waals surface area (Å²) >= 11 is 0. The summed E-state index contributed by atoms with van der Waals surface area (Å²) in [5.74, 6) is 0. The SMILES string of the molecule is O=C(NC1CCCc2c1[nH]c1ccccc21)NC1CCCc2c1[nH]c1ccccc21. The Labute approximate surface area is 175 Å². The van der Waals surface area contributed by atoms with E-state index in [2.05, 4.69) is 69.1 Å². The number of carbonyl (C=O) groups excluding carboxylic acids is 1. The van der Waals surface area contributed by atoms with Crippen molar-refractivity contribution in [3.05, 3.63) is 71.0 Å². The predicted octanol–water partition coefficient (Wildman–Crippen LogP) is 5.40. The molecule has 2 amide bonds. The number of aromatic nitrogens is 2. The molecule has 0 saturated heterocycles. The van der Waals surface area contributed by atoms with E-state index < -0.39 is 0 Å². The topological polar surface area (TPSA) is 72.7 Å². The fourth-order valence-electron chi connectivity index (χ4n) is 5.48. The van der Waals surface area contributed by atoms with Crippen LogP contribution in [0.5, 0.6) is 0 Å². The van der Waals surface area contributed by atoms with Gasteiger partial charge in [-0.2, -0.15) is 0 Å². The first-order valence-electron chi connectivity index (χ1n) is 11.0. The highest BCUT2D eigenvalue weighted by Gasteiger charge is 2.28. The number of hydrogen-bond acceptors (Lipinski definition) is 1. The van der Waals surface area contributed by atoms with E-state index in [4.69, 9.17) is 0 Å². The van der Waals surface area contributed by atoms with Crippen molar-refractivity contribution >= 4 is 27.8 Å². The Kier molecular flexibility index (Phi) is 4.08. The maximum absolute atomic E-state index is 13.0. The maximum atomic E-state index is 13.0. The van der Waals surface area contributed by atoms with Crippen LogP contribution in [0.4, 0.5) is 4.79 Å². The van der Waals surface area contributed by atoms with Gasteiger partial charge in [0, 0.05) is 33.2 Å². The molecule has 5 nitrogen and oxygen atoms in total. The van der Waals surface area contributed by atoms with Crippen molar-refractivity contribution in [2.45, 2.75) is 50.6 Å². The fourth-order valence-corrected chi connectivity index (χ4v) is 5.48. The van der Waals surface area contributed by atoms with Gasteiger partial charge in [-0.1, -0.05) is 36.4 Å².